The summed E-state index contributed by atoms with van der Waals surface area (Å²) >= 11 is 0. The largest absolute Gasteiger partial charge is 0.345 e. The lowest BCUT2D eigenvalue weighted by Gasteiger charge is -2.23. The van der Waals surface area contributed by atoms with E-state index >= 15 is 0 Å². The molecule has 2 aromatic rings. The zero-order chi connectivity index (χ0) is 12.3. The van der Waals surface area contributed by atoms with Crippen molar-refractivity contribution in [3.63, 3.8) is 0 Å². The third kappa shape index (κ3) is 2.91. The van der Waals surface area contributed by atoms with Gasteiger partial charge in [-0.3, -0.25) is 9.88 Å². The van der Waals surface area contributed by atoms with Gasteiger partial charge in [-0.25, -0.2) is 4.98 Å². The number of hydrogen-bond donors (Lipinski definition) is 1. The minimum atomic E-state index is 0.291. The predicted molar refractivity (Wildman–Crippen MR) is 67.4 cm³/mol. The van der Waals surface area contributed by atoms with Crippen LogP contribution in [0.2, 0.25) is 0 Å². The molecule has 17 heavy (non-hydrogen) atoms. The van der Waals surface area contributed by atoms with Gasteiger partial charge < -0.3 is 4.98 Å². The highest BCUT2D eigenvalue weighted by molar-refractivity contribution is 5.08. The summed E-state index contributed by atoms with van der Waals surface area (Å²) in [6.45, 7) is 4.97. The quantitative estimate of drug-likeness (QED) is 0.876. The molecule has 90 valence electrons. The van der Waals surface area contributed by atoms with Crippen molar-refractivity contribution >= 4 is 0 Å². The smallest absolute Gasteiger partial charge is 0.103 e. The second-order valence-corrected chi connectivity index (χ2v) is 4.34. The maximum absolute atomic E-state index is 4.38. The molecule has 0 aliphatic carbocycles. The van der Waals surface area contributed by atoms with Crippen LogP contribution in [0.1, 0.15) is 30.2 Å². The number of aromatic amines is 1. The number of aromatic nitrogens is 3. The van der Waals surface area contributed by atoms with Crippen molar-refractivity contribution in [3.05, 3.63) is 47.8 Å². The van der Waals surface area contributed by atoms with E-state index in [-0.39, 0.29) is 0 Å². The van der Waals surface area contributed by atoms with Crippen LogP contribution in [-0.4, -0.2) is 26.9 Å². The molecule has 0 aliphatic heterocycles. The zero-order valence-corrected chi connectivity index (χ0v) is 10.5. The van der Waals surface area contributed by atoms with E-state index in [9.17, 15) is 0 Å². The summed E-state index contributed by atoms with van der Waals surface area (Å²) in [6.07, 6.45) is 3.72. The zero-order valence-electron chi connectivity index (χ0n) is 10.5. The van der Waals surface area contributed by atoms with Gasteiger partial charge in [0.05, 0.1) is 5.69 Å². The van der Waals surface area contributed by atoms with Crippen molar-refractivity contribution in [2.45, 2.75) is 26.4 Å². The van der Waals surface area contributed by atoms with E-state index in [2.05, 4.69) is 39.9 Å². The van der Waals surface area contributed by atoms with Crippen LogP contribution in [0.25, 0.3) is 0 Å². The molecule has 2 aromatic heterocycles. The topological polar surface area (TPSA) is 44.8 Å². The van der Waals surface area contributed by atoms with Gasteiger partial charge in [-0.2, -0.15) is 0 Å². The van der Waals surface area contributed by atoms with E-state index in [1.54, 1.807) is 0 Å². The molecule has 4 nitrogen and oxygen atoms in total. The van der Waals surface area contributed by atoms with E-state index in [4.69, 9.17) is 0 Å². The third-order valence-electron chi connectivity index (χ3n) is 2.95. The first-order valence-electron chi connectivity index (χ1n) is 5.78. The number of aryl methyl sites for hydroxylation is 1. The summed E-state index contributed by atoms with van der Waals surface area (Å²) in [5.74, 6) is 0.957. The first-order chi connectivity index (χ1) is 8.16. The average Bonchev–Trinajstić information content (AvgIpc) is 2.75. The predicted octanol–water partition coefficient (Wildman–Crippen LogP) is 2.31. The van der Waals surface area contributed by atoms with Gasteiger partial charge in [0.2, 0.25) is 0 Å². The van der Waals surface area contributed by atoms with E-state index in [1.807, 2.05) is 31.5 Å². The highest BCUT2D eigenvalue weighted by atomic mass is 15.1. The Balaban J connectivity index is 2.03. The minimum Gasteiger partial charge on any atom is -0.345 e. The highest BCUT2D eigenvalue weighted by Crippen LogP contribution is 2.17. The van der Waals surface area contributed by atoms with Gasteiger partial charge in [-0.1, -0.05) is 6.07 Å². The molecule has 0 unspecified atom stereocenters. The van der Waals surface area contributed by atoms with Crippen molar-refractivity contribution < 1.29 is 0 Å². The van der Waals surface area contributed by atoms with Crippen molar-refractivity contribution in [2.75, 3.05) is 7.05 Å². The maximum Gasteiger partial charge on any atom is 0.103 e. The van der Waals surface area contributed by atoms with E-state index in [0.29, 0.717) is 6.04 Å². The third-order valence-corrected chi connectivity index (χ3v) is 2.95. The standard InChI is InChI=1S/C13H18N4/c1-10(13-6-4-5-7-14-13)17(3)9-12-8-15-11(2)16-12/h4-8,10H,9H2,1-3H3,(H,15,16)/t10-/m1/s1. The first-order valence-corrected chi connectivity index (χ1v) is 5.78. The molecule has 0 amide bonds. The fourth-order valence-corrected chi connectivity index (χ4v) is 1.81. The fraction of sp³-hybridized carbons (Fsp3) is 0.385. The van der Waals surface area contributed by atoms with Gasteiger partial charge in [0.1, 0.15) is 5.82 Å². The summed E-state index contributed by atoms with van der Waals surface area (Å²) in [5.41, 5.74) is 2.22. The molecule has 1 N–H and O–H groups in total. The summed E-state index contributed by atoms with van der Waals surface area (Å²) in [7, 11) is 2.09. The van der Waals surface area contributed by atoms with E-state index in [1.165, 1.54) is 0 Å². The van der Waals surface area contributed by atoms with Crippen molar-refractivity contribution in [1.82, 2.24) is 19.9 Å². The lowest BCUT2D eigenvalue weighted by atomic mass is 10.2. The minimum absolute atomic E-state index is 0.291. The Hall–Kier alpha value is -1.68. The number of imidazole rings is 1. The highest BCUT2D eigenvalue weighted by Gasteiger charge is 2.13. The fourth-order valence-electron chi connectivity index (χ4n) is 1.81. The summed E-state index contributed by atoms with van der Waals surface area (Å²) in [4.78, 5) is 14.1. The van der Waals surface area contributed by atoms with Crippen molar-refractivity contribution in [3.8, 4) is 0 Å². The van der Waals surface area contributed by atoms with Crippen LogP contribution in [0, 0.1) is 6.92 Å². The molecule has 0 aromatic carbocycles. The molecule has 0 bridgehead atoms. The van der Waals surface area contributed by atoms with Crippen LogP contribution in [0.5, 0.6) is 0 Å². The number of nitrogens with one attached hydrogen (secondary N) is 1. The van der Waals surface area contributed by atoms with Crippen molar-refractivity contribution in [2.24, 2.45) is 0 Å². The second-order valence-electron chi connectivity index (χ2n) is 4.34. The number of rotatable bonds is 4. The summed E-state index contributed by atoms with van der Waals surface area (Å²) in [6, 6.07) is 6.31. The number of pyridine rings is 1. The normalized spacial score (nSPS) is 12.9. The van der Waals surface area contributed by atoms with Gasteiger partial charge in [0.25, 0.3) is 0 Å². The number of H-pyrrole nitrogens is 1. The molecule has 0 radical (unpaired) electrons. The molecule has 2 rings (SSSR count). The van der Waals surface area contributed by atoms with Gasteiger partial charge in [0, 0.05) is 30.7 Å². The Morgan fingerprint density at radius 1 is 1.35 bits per heavy atom. The van der Waals surface area contributed by atoms with E-state index < -0.39 is 0 Å². The molecule has 0 aliphatic rings. The number of hydrogen-bond acceptors (Lipinski definition) is 3. The Labute approximate surface area is 102 Å². The van der Waals surface area contributed by atoms with Crippen LogP contribution in [0.3, 0.4) is 0 Å². The first kappa shape index (κ1) is 11.8. The van der Waals surface area contributed by atoms with Crippen molar-refractivity contribution in [1.29, 1.82) is 0 Å². The SMILES string of the molecule is Cc1ncc(CN(C)[C@H](C)c2ccccn2)[nH]1. The lowest BCUT2D eigenvalue weighted by molar-refractivity contribution is 0.246. The van der Waals surface area contributed by atoms with Gasteiger partial charge >= 0.3 is 0 Å². The maximum atomic E-state index is 4.38. The van der Waals surface area contributed by atoms with Crippen LogP contribution in [-0.2, 0) is 6.54 Å². The Morgan fingerprint density at radius 3 is 2.76 bits per heavy atom. The van der Waals surface area contributed by atoms with Gasteiger partial charge in [-0.15, -0.1) is 0 Å². The lowest BCUT2D eigenvalue weighted by Crippen LogP contribution is -2.22. The van der Waals surface area contributed by atoms with Crippen LogP contribution in [0.4, 0.5) is 0 Å². The molecule has 0 saturated carbocycles. The Bertz CT molecular complexity index is 463. The average molecular weight is 230 g/mol. The summed E-state index contributed by atoms with van der Waals surface area (Å²) in [5, 5.41) is 0. The molecule has 1 atom stereocenters. The molecule has 0 saturated heterocycles. The molecule has 0 spiro atoms. The van der Waals surface area contributed by atoms with Gasteiger partial charge in [-0.05, 0) is 33.0 Å². The molecule has 2 heterocycles. The molecule has 0 fully saturated rings. The summed E-state index contributed by atoms with van der Waals surface area (Å²) < 4.78 is 0. The molecule has 4 heteroatoms. The Morgan fingerprint density at radius 2 is 2.18 bits per heavy atom. The van der Waals surface area contributed by atoms with Crippen LogP contribution >= 0.6 is 0 Å². The molecular formula is C13H18N4. The van der Waals surface area contributed by atoms with Gasteiger partial charge in [0.15, 0.2) is 0 Å². The molecular weight excluding hydrogens is 212 g/mol. The number of nitrogens with zero attached hydrogens (tertiary/aromatic N) is 3. The van der Waals surface area contributed by atoms with Crippen LogP contribution in [0.15, 0.2) is 30.6 Å². The monoisotopic (exact) mass is 230 g/mol. The van der Waals surface area contributed by atoms with E-state index in [0.717, 1.165) is 23.8 Å². The Kier molecular flexibility index (Phi) is 3.54. The second kappa shape index (κ2) is 5.10. The van der Waals surface area contributed by atoms with Crippen LogP contribution < -0.4 is 0 Å².